The largest absolute Gasteiger partial charge is 0.385 e. The van der Waals surface area contributed by atoms with E-state index >= 15 is 0 Å². The third kappa shape index (κ3) is 3.14. The minimum atomic E-state index is -0.101. The number of carbonyl (C=O) groups is 1. The van der Waals surface area contributed by atoms with Crippen molar-refractivity contribution in [2.45, 2.75) is 12.8 Å². The van der Waals surface area contributed by atoms with Crippen LogP contribution in [0.1, 0.15) is 22.3 Å². The summed E-state index contributed by atoms with van der Waals surface area (Å²) in [6.07, 6.45) is 2.12. The van der Waals surface area contributed by atoms with Gasteiger partial charge in [-0.2, -0.15) is 0 Å². The molecule has 0 aromatic heterocycles. The van der Waals surface area contributed by atoms with E-state index in [2.05, 4.69) is 42.5 Å². The van der Waals surface area contributed by atoms with E-state index in [0.717, 1.165) is 39.7 Å². The second kappa shape index (κ2) is 6.20. The summed E-state index contributed by atoms with van der Waals surface area (Å²) in [5.74, 6) is -0.101. The minimum Gasteiger partial charge on any atom is -0.385 e. The molecule has 3 nitrogen and oxygen atoms in total. The van der Waals surface area contributed by atoms with Crippen molar-refractivity contribution in [3.63, 3.8) is 0 Å². The highest BCUT2D eigenvalue weighted by molar-refractivity contribution is 9.11. The number of fused-ring (bicyclic) bond motifs is 1. The molecule has 0 atom stereocenters. The van der Waals surface area contributed by atoms with E-state index in [9.17, 15) is 4.79 Å². The van der Waals surface area contributed by atoms with Crippen LogP contribution in [0.4, 0.5) is 11.4 Å². The molecule has 2 N–H and O–H groups in total. The predicted octanol–water partition coefficient (Wildman–Crippen LogP) is 4.82. The monoisotopic (exact) mass is 408 g/mol. The lowest BCUT2D eigenvalue weighted by atomic mass is 10.0. The molecule has 1 aliphatic rings. The molecule has 1 heterocycles. The highest BCUT2D eigenvalue weighted by Gasteiger charge is 2.14. The number of rotatable bonds is 2. The van der Waals surface area contributed by atoms with Crippen LogP contribution in [0.5, 0.6) is 0 Å². The first kappa shape index (κ1) is 14.6. The fourth-order valence-corrected chi connectivity index (χ4v) is 3.62. The standard InChI is InChI=1S/C16H14Br2N2O/c17-12-4-1-5-13(18)15(12)20-16(21)11-6-7-14-10(9-11)3-2-8-19-14/h1,4-7,9,19H,2-3,8H2,(H,20,21). The van der Waals surface area contributed by atoms with Gasteiger partial charge in [-0.1, -0.05) is 6.07 Å². The number of amides is 1. The molecule has 3 rings (SSSR count). The second-order valence-electron chi connectivity index (χ2n) is 4.95. The van der Waals surface area contributed by atoms with Crippen molar-refractivity contribution < 1.29 is 4.79 Å². The summed E-state index contributed by atoms with van der Waals surface area (Å²) in [7, 11) is 0. The molecule has 0 spiro atoms. The topological polar surface area (TPSA) is 41.1 Å². The lowest BCUT2D eigenvalue weighted by Crippen LogP contribution is -2.16. The average Bonchev–Trinajstić information content (AvgIpc) is 2.50. The molecule has 2 aromatic carbocycles. The molecule has 108 valence electrons. The lowest BCUT2D eigenvalue weighted by Gasteiger charge is -2.18. The van der Waals surface area contributed by atoms with Crippen molar-refractivity contribution in [1.29, 1.82) is 0 Å². The first-order valence-electron chi connectivity index (χ1n) is 6.77. The summed E-state index contributed by atoms with van der Waals surface area (Å²) in [4.78, 5) is 12.4. The van der Waals surface area contributed by atoms with Gasteiger partial charge in [0.15, 0.2) is 0 Å². The van der Waals surface area contributed by atoms with Crippen molar-refractivity contribution in [2.24, 2.45) is 0 Å². The van der Waals surface area contributed by atoms with Gasteiger partial charge < -0.3 is 10.6 Å². The van der Waals surface area contributed by atoms with Crippen LogP contribution in [0.3, 0.4) is 0 Å². The van der Waals surface area contributed by atoms with Crippen molar-refractivity contribution in [3.8, 4) is 0 Å². The van der Waals surface area contributed by atoms with Gasteiger partial charge in [-0.3, -0.25) is 4.79 Å². The smallest absolute Gasteiger partial charge is 0.255 e. The van der Waals surface area contributed by atoms with E-state index in [1.54, 1.807) is 0 Å². The minimum absolute atomic E-state index is 0.101. The fourth-order valence-electron chi connectivity index (χ4n) is 2.42. The maximum Gasteiger partial charge on any atom is 0.255 e. The van der Waals surface area contributed by atoms with Gasteiger partial charge in [-0.15, -0.1) is 0 Å². The van der Waals surface area contributed by atoms with Gasteiger partial charge in [-0.25, -0.2) is 0 Å². The Bertz CT molecular complexity index is 680. The Balaban J connectivity index is 1.86. The molecule has 1 aliphatic heterocycles. The second-order valence-corrected chi connectivity index (χ2v) is 6.66. The molecule has 0 radical (unpaired) electrons. The van der Waals surface area contributed by atoms with Crippen molar-refractivity contribution >= 4 is 49.1 Å². The molecule has 0 saturated heterocycles. The van der Waals surface area contributed by atoms with Crippen LogP contribution in [0, 0.1) is 0 Å². The molecule has 1 amide bonds. The van der Waals surface area contributed by atoms with Crippen molar-refractivity contribution in [3.05, 3.63) is 56.5 Å². The number of nitrogens with one attached hydrogen (secondary N) is 2. The van der Waals surface area contributed by atoms with Crippen LogP contribution in [0.25, 0.3) is 0 Å². The van der Waals surface area contributed by atoms with Crippen LogP contribution in [0.15, 0.2) is 45.3 Å². The molecule has 0 aliphatic carbocycles. The van der Waals surface area contributed by atoms with Crippen molar-refractivity contribution in [1.82, 2.24) is 0 Å². The molecule has 0 fully saturated rings. The number of carbonyl (C=O) groups excluding carboxylic acids is 1. The van der Waals surface area contributed by atoms with E-state index < -0.39 is 0 Å². The number of hydrogen-bond acceptors (Lipinski definition) is 2. The van der Waals surface area contributed by atoms with Gasteiger partial charge in [0, 0.05) is 26.7 Å². The Morgan fingerprint density at radius 1 is 1.14 bits per heavy atom. The number of aryl methyl sites for hydroxylation is 1. The molecule has 0 saturated carbocycles. The molecule has 5 heteroatoms. The van der Waals surface area contributed by atoms with Gasteiger partial charge in [0.25, 0.3) is 5.91 Å². The number of para-hydroxylation sites is 1. The Hall–Kier alpha value is -1.33. The molecule has 0 unspecified atom stereocenters. The number of benzene rings is 2. The predicted molar refractivity (Wildman–Crippen MR) is 93.0 cm³/mol. The first-order chi connectivity index (χ1) is 10.1. The van der Waals surface area contributed by atoms with Gasteiger partial charge in [0.05, 0.1) is 5.69 Å². The van der Waals surface area contributed by atoms with E-state index in [4.69, 9.17) is 0 Å². The maximum atomic E-state index is 12.4. The molecular weight excluding hydrogens is 396 g/mol. The molecule has 2 aromatic rings. The fraction of sp³-hybridized carbons (Fsp3) is 0.188. The van der Waals surface area contributed by atoms with Crippen LogP contribution >= 0.6 is 31.9 Å². The highest BCUT2D eigenvalue weighted by Crippen LogP contribution is 2.31. The number of halogens is 2. The number of anilines is 2. The van der Waals surface area contributed by atoms with Crippen LogP contribution in [0.2, 0.25) is 0 Å². The zero-order valence-electron chi connectivity index (χ0n) is 11.2. The third-order valence-electron chi connectivity index (χ3n) is 3.51. The molecule has 0 bridgehead atoms. The number of hydrogen-bond donors (Lipinski definition) is 2. The van der Waals surface area contributed by atoms with Gasteiger partial charge in [0.2, 0.25) is 0 Å². The van der Waals surface area contributed by atoms with E-state index in [-0.39, 0.29) is 5.91 Å². The highest BCUT2D eigenvalue weighted by atomic mass is 79.9. The normalized spacial score (nSPS) is 13.2. The van der Waals surface area contributed by atoms with Gasteiger partial charge >= 0.3 is 0 Å². The first-order valence-corrected chi connectivity index (χ1v) is 8.36. The SMILES string of the molecule is O=C(Nc1c(Br)cccc1Br)c1ccc2c(c1)CCCN2. The Morgan fingerprint density at radius 2 is 1.90 bits per heavy atom. The Morgan fingerprint density at radius 3 is 2.67 bits per heavy atom. The Kier molecular flexibility index (Phi) is 4.31. The quantitative estimate of drug-likeness (QED) is 0.746. The van der Waals surface area contributed by atoms with Gasteiger partial charge in [-0.05, 0) is 80.6 Å². The third-order valence-corrected chi connectivity index (χ3v) is 4.83. The molecule has 21 heavy (non-hydrogen) atoms. The van der Waals surface area contributed by atoms with Crippen LogP contribution in [-0.2, 0) is 6.42 Å². The van der Waals surface area contributed by atoms with Gasteiger partial charge in [0.1, 0.15) is 0 Å². The molecular formula is C16H14Br2N2O. The zero-order valence-corrected chi connectivity index (χ0v) is 14.4. The average molecular weight is 410 g/mol. The summed E-state index contributed by atoms with van der Waals surface area (Å²) < 4.78 is 1.70. The van der Waals surface area contributed by atoms with E-state index in [0.29, 0.717) is 5.56 Å². The maximum absolute atomic E-state index is 12.4. The van der Waals surface area contributed by atoms with Crippen LogP contribution < -0.4 is 10.6 Å². The van der Waals surface area contributed by atoms with E-state index in [1.807, 2.05) is 36.4 Å². The van der Waals surface area contributed by atoms with Crippen molar-refractivity contribution in [2.75, 3.05) is 17.2 Å². The zero-order chi connectivity index (χ0) is 14.8. The summed E-state index contributed by atoms with van der Waals surface area (Å²) in [6, 6.07) is 11.5. The van der Waals surface area contributed by atoms with E-state index in [1.165, 1.54) is 5.56 Å². The summed E-state index contributed by atoms with van der Waals surface area (Å²) in [5, 5.41) is 6.30. The Labute approximate surface area is 140 Å². The summed E-state index contributed by atoms with van der Waals surface area (Å²) in [5.41, 5.74) is 3.78. The summed E-state index contributed by atoms with van der Waals surface area (Å²) in [6.45, 7) is 1.00. The summed E-state index contributed by atoms with van der Waals surface area (Å²) >= 11 is 6.91. The lowest BCUT2D eigenvalue weighted by molar-refractivity contribution is 0.102. The van der Waals surface area contributed by atoms with Crippen LogP contribution in [-0.4, -0.2) is 12.5 Å².